The molecule has 0 spiro atoms. The molecule has 0 fully saturated rings. The van der Waals surface area contributed by atoms with Crippen LogP contribution in [0.5, 0.6) is 0 Å². The van der Waals surface area contributed by atoms with E-state index in [0.29, 0.717) is 37.6 Å². The second-order valence-electron chi connectivity index (χ2n) is 9.08. The molecule has 1 atom stereocenters. The van der Waals surface area contributed by atoms with Crippen LogP contribution in [0.25, 0.3) is 0 Å². The van der Waals surface area contributed by atoms with Crippen LogP contribution in [0.15, 0.2) is 84.9 Å². The quantitative estimate of drug-likeness (QED) is 0.313. The largest absolute Gasteiger partial charge is 0.379 e. The van der Waals surface area contributed by atoms with Crippen molar-refractivity contribution < 1.29 is 14.3 Å². The van der Waals surface area contributed by atoms with Gasteiger partial charge in [0.15, 0.2) is 0 Å². The fourth-order valence-electron chi connectivity index (χ4n) is 3.93. The predicted molar refractivity (Wildman–Crippen MR) is 145 cm³/mol. The number of nitrogens with zero attached hydrogens (tertiary/aromatic N) is 1. The lowest BCUT2D eigenvalue weighted by molar-refractivity contribution is -0.140. The number of nitrogens with one attached hydrogen (secondary N) is 1. The second kappa shape index (κ2) is 14.4. The van der Waals surface area contributed by atoms with Crippen molar-refractivity contribution in [1.29, 1.82) is 0 Å². The van der Waals surface area contributed by atoms with Gasteiger partial charge in [-0.1, -0.05) is 84.4 Å². The molecule has 0 aliphatic rings. The summed E-state index contributed by atoms with van der Waals surface area (Å²) < 4.78 is 5.59. The van der Waals surface area contributed by atoms with Crippen LogP contribution >= 0.6 is 11.6 Å². The smallest absolute Gasteiger partial charge is 0.243 e. The molecule has 0 bridgehead atoms. The number of hydrogen-bond donors (Lipinski definition) is 1. The number of carbonyl (C=O) groups excluding carboxylic acids is 2. The Kier molecular flexibility index (Phi) is 11.0. The van der Waals surface area contributed by atoms with E-state index >= 15 is 0 Å². The first-order chi connectivity index (χ1) is 17.4. The summed E-state index contributed by atoms with van der Waals surface area (Å²) >= 11 is 6.09. The van der Waals surface area contributed by atoms with Crippen molar-refractivity contribution in [1.82, 2.24) is 10.2 Å². The van der Waals surface area contributed by atoms with Gasteiger partial charge in [0.1, 0.15) is 6.04 Å². The van der Waals surface area contributed by atoms with Crippen LogP contribution in [0.4, 0.5) is 0 Å². The second-order valence-corrected chi connectivity index (χ2v) is 9.52. The zero-order chi connectivity index (χ0) is 25.8. The minimum Gasteiger partial charge on any atom is -0.379 e. The Morgan fingerprint density at radius 3 is 2.08 bits per heavy atom. The number of halogens is 1. The number of rotatable bonds is 13. The lowest BCUT2D eigenvalue weighted by Crippen LogP contribution is -2.51. The number of ether oxygens (including phenoxy) is 1. The molecule has 1 unspecified atom stereocenters. The molecule has 2 amide bonds. The molecule has 36 heavy (non-hydrogen) atoms. The molecule has 0 saturated carbocycles. The summed E-state index contributed by atoms with van der Waals surface area (Å²) in [5, 5.41) is 3.66. The van der Waals surface area contributed by atoms with Gasteiger partial charge in [0.25, 0.3) is 0 Å². The van der Waals surface area contributed by atoms with E-state index in [1.165, 1.54) is 0 Å². The van der Waals surface area contributed by atoms with E-state index in [1.54, 1.807) is 17.0 Å². The van der Waals surface area contributed by atoms with Crippen LogP contribution in [-0.2, 0) is 33.7 Å². The summed E-state index contributed by atoms with van der Waals surface area (Å²) in [7, 11) is 0. The fourth-order valence-corrected chi connectivity index (χ4v) is 4.06. The molecular weight excluding hydrogens is 472 g/mol. The van der Waals surface area contributed by atoms with Crippen molar-refractivity contribution in [3.8, 4) is 0 Å². The molecule has 5 nitrogen and oxygen atoms in total. The first kappa shape index (κ1) is 27.4. The Labute approximate surface area is 219 Å². The minimum absolute atomic E-state index is 0.102. The monoisotopic (exact) mass is 506 g/mol. The van der Waals surface area contributed by atoms with Gasteiger partial charge in [-0.3, -0.25) is 9.59 Å². The zero-order valence-corrected chi connectivity index (χ0v) is 21.8. The van der Waals surface area contributed by atoms with Crippen LogP contribution in [0.1, 0.15) is 37.0 Å². The molecule has 0 aliphatic heterocycles. The van der Waals surface area contributed by atoms with Gasteiger partial charge in [-0.2, -0.15) is 0 Å². The van der Waals surface area contributed by atoms with Gasteiger partial charge in [0.05, 0.1) is 12.5 Å². The van der Waals surface area contributed by atoms with E-state index in [9.17, 15) is 9.59 Å². The molecule has 1 N–H and O–H groups in total. The van der Waals surface area contributed by atoms with E-state index in [1.807, 2.05) is 86.6 Å². The van der Waals surface area contributed by atoms with Crippen molar-refractivity contribution in [2.75, 3.05) is 13.2 Å². The van der Waals surface area contributed by atoms with Gasteiger partial charge >= 0.3 is 0 Å². The van der Waals surface area contributed by atoms with E-state index in [-0.39, 0.29) is 24.3 Å². The van der Waals surface area contributed by atoms with E-state index in [2.05, 4.69) is 5.32 Å². The summed E-state index contributed by atoms with van der Waals surface area (Å²) in [6.45, 7) is 5.34. The number of amides is 2. The third-order valence-corrected chi connectivity index (χ3v) is 6.06. The summed E-state index contributed by atoms with van der Waals surface area (Å²) in [4.78, 5) is 28.9. The zero-order valence-electron chi connectivity index (χ0n) is 21.0. The average Bonchev–Trinajstić information content (AvgIpc) is 2.88. The first-order valence-electron chi connectivity index (χ1n) is 12.4. The fraction of sp³-hybridized carbons (Fsp3) is 0.333. The maximum Gasteiger partial charge on any atom is 0.243 e. The van der Waals surface area contributed by atoms with Crippen LogP contribution < -0.4 is 5.32 Å². The van der Waals surface area contributed by atoms with Gasteiger partial charge in [0.2, 0.25) is 11.8 Å². The van der Waals surface area contributed by atoms with Crippen molar-refractivity contribution >= 4 is 23.4 Å². The van der Waals surface area contributed by atoms with Crippen LogP contribution in [0, 0.1) is 0 Å². The summed E-state index contributed by atoms with van der Waals surface area (Å²) in [5.41, 5.74) is 2.82. The Hall–Kier alpha value is -3.15. The Morgan fingerprint density at radius 1 is 0.861 bits per heavy atom. The third-order valence-electron chi connectivity index (χ3n) is 5.81. The lowest BCUT2D eigenvalue weighted by atomic mass is 10.0. The maximum absolute atomic E-state index is 13.7. The normalized spacial score (nSPS) is 11.8. The molecule has 3 aromatic rings. The molecule has 0 aromatic heterocycles. The highest BCUT2D eigenvalue weighted by Gasteiger charge is 2.30. The molecular formula is C30H35ClN2O3. The third kappa shape index (κ3) is 9.14. The van der Waals surface area contributed by atoms with Crippen molar-refractivity contribution in [3.63, 3.8) is 0 Å². The van der Waals surface area contributed by atoms with Crippen LogP contribution in [0.2, 0.25) is 5.02 Å². The molecule has 3 aromatic carbocycles. The maximum atomic E-state index is 13.7. The Balaban J connectivity index is 1.84. The predicted octanol–water partition coefficient (Wildman–Crippen LogP) is 5.45. The molecule has 190 valence electrons. The topological polar surface area (TPSA) is 58.6 Å². The molecule has 0 radical (unpaired) electrons. The van der Waals surface area contributed by atoms with Gasteiger partial charge in [-0.05, 0) is 49.1 Å². The van der Waals surface area contributed by atoms with Crippen molar-refractivity contribution in [2.45, 2.75) is 51.8 Å². The van der Waals surface area contributed by atoms with E-state index in [0.717, 1.165) is 16.7 Å². The van der Waals surface area contributed by atoms with Crippen LogP contribution in [-0.4, -0.2) is 42.0 Å². The Morgan fingerprint density at radius 2 is 1.47 bits per heavy atom. The molecule has 0 heterocycles. The standard InChI is InChI=1S/C30H35ClN2O3/c1-23(2)36-19-9-18-32-30(35)28(20-24-10-5-3-6-11-24)33(22-26-14-16-27(31)17-15-26)29(34)21-25-12-7-4-8-13-25/h3-8,10-17,23,28H,9,18-22H2,1-2H3,(H,32,35). The van der Waals surface area contributed by atoms with Crippen LogP contribution in [0.3, 0.4) is 0 Å². The highest BCUT2D eigenvalue weighted by atomic mass is 35.5. The van der Waals surface area contributed by atoms with Crippen molar-refractivity contribution in [3.05, 3.63) is 107 Å². The van der Waals surface area contributed by atoms with E-state index < -0.39 is 6.04 Å². The van der Waals surface area contributed by atoms with Crippen molar-refractivity contribution in [2.24, 2.45) is 0 Å². The molecule has 0 saturated heterocycles. The van der Waals surface area contributed by atoms with Gasteiger partial charge < -0.3 is 15.0 Å². The molecule has 6 heteroatoms. The van der Waals surface area contributed by atoms with Gasteiger partial charge in [-0.25, -0.2) is 0 Å². The Bertz CT molecular complexity index is 1070. The summed E-state index contributed by atoms with van der Waals surface area (Å²) in [6, 6.07) is 26.2. The van der Waals surface area contributed by atoms with Gasteiger partial charge in [0, 0.05) is 31.1 Å². The number of hydrogen-bond acceptors (Lipinski definition) is 3. The van der Waals surface area contributed by atoms with Gasteiger partial charge in [-0.15, -0.1) is 0 Å². The number of benzene rings is 3. The summed E-state index contributed by atoms with van der Waals surface area (Å²) in [6.07, 6.45) is 1.49. The first-order valence-corrected chi connectivity index (χ1v) is 12.8. The highest BCUT2D eigenvalue weighted by molar-refractivity contribution is 6.30. The average molecular weight is 507 g/mol. The summed E-state index contributed by atoms with van der Waals surface area (Å²) in [5.74, 6) is -0.269. The minimum atomic E-state index is -0.662. The number of carbonyl (C=O) groups is 2. The lowest BCUT2D eigenvalue weighted by Gasteiger charge is -2.32. The molecule has 0 aliphatic carbocycles. The van der Waals surface area contributed by atoms with E-state index in [4.69, 9.17) is 16.3 Å². The highest BCUT2D eigenvalue weighted by Crippen LogP contribution is 2.18. The SMILES string of the molecule is CC(C)OCCCNC(=O)C(Cc1ccccc1)N(Cc1ccc(Cl)cc1)C(=O)Cc1ccccc1. The molecule has 3 rings (SSSR count).